The van der Waals surface area contributed by atoms with Crippen molar-refractivity contribution in [2.24, 2.45) is 0 Å². The van der Waals surface area contributed by atoms with Crippen LogP contribution in [0, 0.1) is 0 Å². The summed E-state index contributed by atoms with van der Waals surface area (Å²) in [5, 5.41) is 0. The van der Waals surface area contributed by atoms with Gasteiger partial charge in [0.1, 0.15) is 0 Å². The lowest BCUT2D eigenvalue weighted by molar-refractivity contribution is 0.0959. The summed E-state index contributed by atoms with van der Waals surface area (Å²) in [6.07, 6.45) is 0.325. The van der Waals surface area contributed by atoms with Crippen LogP contribution < -0.4 is 0 Å². The van der Waals surface area contributed by atoms with Crippen molar-refractivity contribution in [2.45, 2.75) is 45.8 Å². The Labute approximate surface area is 81.6 Å². The normalized spacial score (nSPS) is 11.5. The Morgan fingerprint density at radius 2 is 1.92 bits per heavy atom. The highest BCUT2D eigenvalue weighted by Crippen LogP contribution is 2.21. The lowest BCUT2D eigenvalue weighted by Gasteiger charge is -2.25. The van der Waals surface area contributed by atoms with Gasteiger partial charge < -0.3 is 9.16 Å². The van der Waals surface area contributed by atoms with E-state index in [1.807, 2.05) is 20.0 Å². The van der Waals surface area contributed by atoms with Crippen LogP contribution in [0.2, 0.25) is 18.6 Å². The minimum atomic E-state index is -1.87. The summed E-state index contributed by atoms with van der Waals surface area (Å²) in [6, 6.07) is 0. The molecule has 0 unspecified atom stereocenters. The van der Waals surface area contributed by atoms with E-state index in [1.165, 1.54) is 0 Å². The van der Waals surface area contributed by atoms with Crippen LogP contribution in [0.4, 0.5) is 4.79 Å². The second kappa shape index (κ2) is 5.27. The zero-order valence-electron chi connectivity index (χ0n) is 9.22. The molecule has 0 fully saturated rings. The molecule has 0 bridgehead atoms. The Morgan fingerprint density at radius 3 is 2.31 bits per heavy atom. The van der Waals surface area contributed by atoms with E-state index >= 15 is 0 Å². The first kappa shape index (κ1) is 12.5. The first-order valence-corrected chi connectivity index (χ1v) is 7.74. The molecule has 0 aliphatic rings. The number of rotatable bonds is 4. The summed E-state index contributed by atoms with van der Waals surface area (Å²) in [5.41, 5.74) is 0.418. The molecule has 0 spiro atoms. The molecule has 0 saturated heterocycles. The van der Waals surface area contributed by atoms with Crippen LogP contribution in [-0.2, 0) is 9.16 Å². The minimum absolute atomic E-state index is 0.418. The van der Waals surface area contributed by atoms with E-state index in [-0.39, 0.29) is 0 Å². The summed E-state index contributed by atoms with van der Waals surface area (Å²) in [7, 11) is -1.87. The Kier molecular flexibility index (Phi) is 5.06. The molecular formula is C9H20O3Si. The quantitative estimate of drug-likeness (QED) is 0.521. The third-order valence-electron chi connectivity index (χ3n) is 2.16. The molecule has 0 amide bonds. The molecule has 0 aromatic carbocycles. The molecule has 13 heavy (non-hydrogen) atoms. The van der Waals surface area contributed by atoms with Crippen LogP contribution in [0.25, 0.3) is 0 Å². The molecular weight excluding hydrogens is 184 g/mol. The number of hydrogen-bond acceptors (Lipinski definition) is 3. The van der Waals surface area contributed by atoms with Gasteiger partial charge in [0.2, 0.25) is 0 Å². The molecule has 0 aliphatic heterocycles. The topological polar surface area (TPSA) is 35.5 Å². The molecule has 0 heterocycles. The zero-order chi connectivity index (χ0) is 10.5. The Morgan fingerprint density at radius 1 is 1.38 bits per heavy atom. The smallest absolute Gasteiger partial charge is 0.489 e. The predicted molar refractivity (Wildman–Crippen MR) is 55.3 cm³/mol. The van der Waals surface area contributed by atoms with E-state index < -0.39 is 14.5 Å². The third-order valence-corrected chi connectivity index (χ3v) is 5.63. The fourth-order valence-corrected chi connectivity index (χ4v) is 1.27. The standard InChI is InChI=1S/C9H20O3Si/c1-6-7-11-9(10)12-13(4,5)8(2)3/h8H,6-7H2,1-5H3. The molecule has 4 heteroatoms. The maximum atomic E-state index is 11.1. The molecule has 0 aromatic rings. The minimum Gasteiger partial charge on any atom is -0.489 e. The van der Waals surface area contributed by atoms with Crippen molar-refractivity contribution in [1.29, 1.82) is 0 Å². The van der Waals surface area contributed by atoms with Crippen molar-refractivity contribution in [3.05, 3.63) is 0 Å². The molecule has 0 atom stereocenters. The highest BCUT2D eigenvalue weighted by atomic mass is 28.4. The van der Waals surface area contributed by atoms with E-state index in [2.05, 4.69) is 13.8 Å². The van der Waals surface area contributed by atoms with E-state index in [4.69, 9.17) is 9.16 Å². The molecule has 0 aromatic heterocycles. The Bertz CT molecular complexity index is 166. The summed E-state index contributed by atoms with van der Waals surface area (Å²) >= 11 is 0. The summed E-state index contributed by atoms with van der Waals surface area (Å²) in [4.78, 5) is 11.1. The van der Waals surface area contributed by atoms with Crippen LogP contribution in [-0.4, -0.2) is 21.1 Å². The molecule has 0 saturated carbocycles. The van der Waals surface area contributed by atoms with Crippen molar-refractivity contribution >= 4 is 14.5 Å². The van der Waals surface area contributed by atoms with Crippen LogP contribution >= 0.6 is 0 Å². The predicted octanol–water partition coefficient (Wildman–Crippen LogP) is 3.16. The molecule has 0 rings (SSSR count). The van der Waals surface area contributed by atoms with Gasteiger partial charge in [0.05, 0.1) is 6.61 Å². The second-order valence-corrected chi connectivity index (χ2v) is 8.52. The second-order valence-electron chi connectivity index (χ2n) is 3.96. The fraction of sp³-hybridized carbons (Fsp3) is 0.889. The number of ether oxygens (including phenoxy) is 1. The van der Waals surface area contributed by atoms with Gasteiger partial charge >= 0.3 is 6.16 Å². The van der Waals surface area contributed by atoms with E-state index in [0.717, 1.165) is 6.42 Å². The van der Waals surface area contributed by atoms with Crippen LogP contribution in [0.5, 0.6) is 0 Å². The number of carbonyl (C=O) groups excluding carboxylic acids is 1. The number of carbonyl (C=O) groups is 1. The van der Waals surface area contributed by atoms with Gasteiger partial charge in [0.15, 0.2) is 0 Å². The van der Waals surface area contributed by atoms with Crippen molar-refractivity contribution < 1.29 is 14.0 Å². The summed E-state index contributed by atoms with van der Waals surface area (Å²) in [6.45, 7) is 10.6. The van der Waals surface area contributed by atoms with E-state index in [0.29, 0.717) is 12.1 Å². The van der Waals surface area contributed by atoms with Gasteiger partial charge in [-0.3, -0.25) is 0 Å². The zero-order valence-corrected chi connectivity index (χ0v) is 10.2. The highest BCUT2D eigenvalue weighted by Gasteiger charge is 2.31. The van der Waals surface area contributed by atoms with Gasteiger partial charge in [-0.25, -0.2) is 4.79 Å². The van der Waals surface area contributed by atoms with Crippen molar-refractivity contribution in [3.8, 4) is 0 Å². The van der Waals surface area contributed by atoms with Gasteiger partial charge in [-0.1, -0.05) is 20.8 Å². The van der Waals surface area contributed by atoms with Crippen LogP contribution in [0.3, 0.4) is 0 Å². The Balaban J connectivity index is 3.90. The van der Waals surface area contributed by atoms with Crippen LogP contribution in [0.15, 0.2) is 0 Å². The van der Waals surface area contributed by atoms with Gasteiger partial charge in [0, 0.05) is 0 Å². The molecule has 78 valence electrons. The third kappa shape index (κ3) is 4.93. The van der Waals surface area contributed by atoms with E-state index in [9.17, 15) is 4.79 Å². The highest BCUT2D eigenvalue weighted by molar-refractivity contribution is 6.73. The van der Waals surface area contributed by atoms with Gasteiger partial charge in [0.25, 0.3) is 8.32 Å². The maximum absolute atomic E-state index is 11.1. The first-order chi connectivity index (χ1) is 5.90. The largest absolute Gasteiger partial charge is 0.494 e. The summed E-state index contributed by atoms with van der Waals surface area (Å²) < 4.78 is 10.1. The van der Waals surface area contributed by atoms with Crippen molar-refractivity contribution in [1.82, 2.24) is 0 Å². The van der Waals surface area contributed by atoms with Gasteiger partial charge in [-0.05, 0) is 25.1 Å². The van der Waals surface area contributed by atoms with Crippen molar-refractivity contribution in [3.63, 3.8) is 0 Å². The van der Waals surface area contributed by atoms with E-state index in [1.54, 1.807) is 0 Å². The lowest BCUT2D eigenvalue weighted by atomic mass is 10.5. The molecule has 0 aliphatic carbocycles. The SMILES string of the molecule is CCCOC(=O)O[Si](C)(C)C(C)C. The molecule has 0 radical (unpaired) electrons. The van der Waals surface area contributed by atoms with Crippen LogP contribution in [0.1, 0.15) is 27.2 Å². The molecule has 0 N–H and O–H groups in total. The van der Waals surface area contributed by atoms with Gasteiger partial charge in [-0.15, -0.1) is 0 Å². The molecule has 3 nitrogen and oxygen atoms in total. The monoisotopic (exact) mass is 204 g/mol. The van der Waals surface area contributed by atoms with Gasteiger partial charge in [-0.2, -0.15) is 0 Å². The Hall–Kier alpha value is -0.513. The average Bonchev–Trinajstić information content (AvgIpc) is 1.99. The maximum Gasteiger partial charge on any atom is 0.494 e. The summed E-state index contributed by atoms with van der Waals surface area (Å²) in [5.74, 6) is 0. The van der Waals surface area contributed by atoms with Crippen molar-refractivity contribution in [2.75, 3.05) is 6.61 Å². The number of hydrogen-bond donors (Lipinski definition) is 0. The average molecular weight is 204 g/mol. The lowest BCUT2D eigenvalue weighted by Crippen LogP contribution is -2.36. The first-order valence-electron chi connectivity index (χ1n) is 4.76. The fourth-order valence-electron chi connectivity index (χ4n) is 0.547.